The number of nitrogens with one attached hydrogen (secondary N) is 2. The van der Waals surface area contributed by atoms with Gasteiger partial charge in [-0.15, -0.1) is 0 Å². The number of aromatic carboxylic acids is 2. The summed E-state index contributed by atoms with van der Waals surface area (Å²) in [4.78, 5) is 66.4. The normalized spacial score (nSPS) is 27.5. The van der Waals surface area contributed by atoms with Crippen LogP contribution in [0.15, 0.2) is 72.8 Å². The molecule has 10 N–H and O–H groups in total. The Kier molecular flexibility index (Phi) is 26.2. The molecule has 4 bridgehead atoms. The number of carboxylic acid groups (broad SMARTS) is 2. The van der Waals surface area contributed by atoms with Crippen LogP contribution in [0.25, 0.3) is 11.1 Å². The van der Waals surface area contributed by atoms with E-state index in [1.54, 1.807) is 68.1 Å². The minimum atomic E-state index is -3.24. The molecule has 2 amide bonds. The van der Waals surface area contributed by atoms with Gasteiger partial charge in [0.2, 0.25) is 11.8 Å². The molecule has 102 heavy (non-hydrogen) atoms. The maximum atomic E-state index is 14.1. The predicted molar refractivity (Wildman–Crippen MR) is 387 cm³/mol. The van der Waals surface area contributed by atoms with Crippen molar-refractivity contribution >= 4 is 67.4 Å². The van der Waals surface area contributed by atoms with Crippen molar-refractivity contribution in [1.82, 2.24) is 20.8 Å². The molecule has 8 fully saturated rings. The van der Waals surface area contributed by atoms with Crippen molar-refractivity contribution in [1.29, 1.82) is 0 Å². The largest absolute Gasteiger partial charge is 0.496 e. The number of aryl methyl sites for hydroxylation is 1. The van der Waals surface area contributed by atoms with E-state index in [9.17, 15) is 61.5 Å². The first-order valence-electron chi connectivity index (χ1n) is 34.9. The van der Waals surface area contributed by atoms with Crippen molar-refractivity contribution in [3.63, 3.8) is 0 Å². The van der Waals surface area contributed by atoms with Crippen LogP contribution in [-0.4, -0.2) is 226 Å². The summed E-state index contributed by atoms with van der Waals surface area (Å²) in [6.07, 6.45) is 3.35. The molecular formula is C73H107BN6O20S2. The first kappa shape index (κ1) is 81.2. The molecule has 4 aromatic rings. The van der Waals surface area contributed by atoms with Crippen molar-refractivity contribution in [2.24, 2.45) is 58.2 Å². The Labute approximate surface area is 600 Å². The highest BCUT2D eigenvalue weighted by molar-refractivity contribution is 7.90. The number of fused-ring (bicyclic) bond motifs is 4. The summed E-state index contributed by atoms with van der Waals surface area (Å²) in [5.41, 5.74) is 5.14. The minimum absolute atomic E-state index is 0.00177. The average molecular weight is 1460 g/mol. The summed E-state index contributed by atoms with van der Waals surface area (Å²) in [6, 6.07) is 18.5. The molecule has 564 valence electrons. The molecule has 2 heterocycles. The van der Waals surface area contributed by atoms with E-state index in [1.165, 1.54) is 49.3 Å². The number of sulfone groups is 2. The molecule has 12 rings (SSSR count). The van der Waals surface area contributed by atoms with Gasteiger partial charge in [-0.1, -0.05) is 77.9 Å². The van der Waals surface area contributed by atoms with E-state index in [-0.39, 0.29) is 90.3 Å². The van der Waals surface area contributed by atoms with Crippen LogP contribution >= 0.6 is 0 Å². The second-order valence-electron chi connectivity index (χ2n) is 30.4. The number of hydrogen-bond donors (Lipinski definition) is 10. The number of carboxylic acids is 2. The molecule has 2 unspecified atom stereocenters. The zero-order chi connectivity index (χ0) is 75.6. The van der Waals surface area contributed by atoms with E-state index in [4.69, 9.17) is 34.3 Å². The number of para-hydroxylation sites is 2. The molecule has 0 spiro atoms. The number of hydrogen-bond acceptors (Lipinski definition) is 22. The zero-order valence-corrected chi connectivity index (χ0v) is 62.9. The van der Waals surface area contributed by atoms with Gasteiger partial charge in [0.15, 0.2) is 0 Å². The quantitative estimate of drug-likeness (QED) is 0.0389. The molecule has 4 aromatic carbocycles. The van der Waals surface area contributed by atoms with Crippen molar-refractivity contribution in [2.45, 2.75) is 150 Å². The molecule has 0 aromatic heterocycles. The lowest BCUT2D eigenvalue weighted by Gasteiger charge is -2.62. The van der Waals surface area contributed by atoms with E-state index >= 15 is 0 Å². The number of anilines is 2. The van der Waals surface area contributed by atoms with Gasteiger partial charge in [-0.2, -0.15) is 10.1 Å². The third kappa shape index (κ3) is 18.2. The lowest BCUT2D eigenvalue weighted by atomic mass is 9.45. The van der Waals surface area contributed by atoms with Gasteiger partial charge in [0, 0.05) is 91.7 Å². The number of carbonyl (C=O) groups is 4. The van der Waals surface area contributed by atoms with Crippen LogP contribution in [-0.2, 0) is 52.0 Å². The molecule has 0 radical (unpaired) electrons. The topological polar surface area (TPSA) is 372 Å². The summed E-state index contributed by atoms with van der Waals surface area (Å²) in [5, 5.41) is 88.5. The van der Waals surface area contributed by atoms with Gasteiger partial charge in [-0.25, -0.2) is 26.4 Å². The number of ether oxygens (including phenoxy) is 2. The fraction of sp³-hybridized carbons (Fsp3) is 0.616. The summed E-state index contributed by atoms with van der Waals surface area (Å²) in [5.74, 6) is 0.0565. The van der Waals surface area contributed by atoms with E-state index in [0.717, 1.165) is 48.3 Å². The maximum Gasteiger partial charge on any atom is 0.488 e. The highest BCUT2D eigenvalue weighted by atomic mass is 32.2. The molecule has 2 saturated heterocycles. The summed E-state index contributed by atoms with van der Waals surface area (Å²) < 4.78 is 57.3. The number of aliphatic hydroxyl groups excluding tert-OH is 4. The van der Waals surface area contributed by atoms with Crippen LogP contribution in [0.3, 0.4) is 0 Å². The molecule has 2 aliphatic heterocycles. The number of carbonyl (C=O) groups excluding carboxylic acids is 2. The third-order valence-electron chi connectivity index (χ3n) is 23.0. The van der Waals surface area contributed by atoms with E-state index in [0.29, 0.717) is 81.3 Å². The number of hydroxylamine groups is 4. The Balaban J connectivity index is 0.000000214. The molecular weight excluding hydrogens is 1360 g/mol. The second kappa shape index (κ2) is 32.9. The second-order valence-corrected chi connectivity index (χ2v) is 34.9. The highest BCUT2D eigenvalue weighted by Crippen LogP contribution is 2.62. The van der Waals surface area contributed by atoms with Crippen molar-refractivity contribution < 1.29 is 95.8 Å². The van der Waals surface area contributed by atoms with Gasteiger partial charge in [-0.3, -0.25) is 19.3 Å². The molecule has 29 heteroatoms. The summed E-state index contributed by atoms with van der Waals surface area (Å²) in [6.45, 7) is 19.1. The van der Waals surface area contributed by atoms with Crippen LogP contribution in [0.5, 0.6) is 11.5 Å². The van der Waals surface area contributed by atoms with E-state index in [1.807, 2.05) is 31.2 Å². The molecule has 26 nitrogen and oxygen atoms in total. The number of rotatable bonds is 26. The average Bonchev–Trinajstić information content (AvgIpc) is 0.805. The number of methoxy groups -OCH3 is 2. The van der Waals surface area contributed by atoms with Gasteiger partial charge >= 0.3 is 19.1 Å². The predicted octanol–water partition coefficient (Wildman–Crippen LogP) is 4.41. The van der Waals surface area contributed by atoms with E-state index in [2.05, 4.69) is 52.2 Å². The zero-order valence-electron chi connectivity index (χ0n) is 61.3. The highest BCUT2D eigenvalue weighted by Gasteiger charge is 2.59. The Morgan fingerprint density at radius 1 is 0.637 bits per heavy atom. The molecule has 6 saturated carbocycles. The molecule has 6 aliphatic carbocycles. The number of benzene rings is 4. The number of nitrogens with zero attached hydrogens (tertiary/aromatic N) is 4. The van der Waals surface area contributed by atoms with Crippen molar-refractivity contribution in [3.8, 4) is 22.6 Å². The first-order chi connectivity index (χ1) is 47.7. The number of aliphatic hydroxyl groups is 4. The van der Waals surface area contributed by atoms with Crippen LogP contribution in [0.2, 0.25) is 0 Å². The Morgan fingerprint density at radius 2 is 1.05 bits per heavy atom. The Bertz CT molecular complexity index is 3880. The van der Waals surface area contributed by atoms with Gasteiger partial charge in [0.25, 0.3) is 0 Å². The Morgan fingerprint density at radius 3 is 1.42 bits per heavy atom. The molecule has 8 aliphatic rings. The third-order valence-corrected chi connectivity index (χ3v) is 24.9. The Hall–Kier alpha value is -6.48. The van der Waals surface area contributed by atoms with Crippen LogP contribution in [0.4, 0.5) is 11.4 Å². The van der Waals surface area contributed by atoms with Crippen molar-refractivity contribution in [2.75, 3.05) is 88.4 Å². The SMILES string of the molecule is CN(CCS(C)(=O)=O)c1cc(B(O)O)cc(C(=O)O)c1.COc1c(C)cccc1CN1O[C@@H](CO)C([C@H](C)O)[C@H]1C(=O)N[C@H]1C[C@H]2C[C@@H]([C@@H]1C)C2(C)C.COc1c(CN2O[C@@H](CO)C([C@H](C)O)[C@H]2C(=O)N[C@H]2C[C@H]3C[C@@H]([C@@H]2C)C3(C)C)cccc1-c1cc(C(=O)O)cc(N(C)CCS(C)(=O)=O)c1. The van der Waals surface area contributed by atoms with Crippen LogP contribution < -0.4 is 35.4 Å². The lowest BCUT2D eigenvalue weighted by molar-refractivity contribution is -0.183. The maximum absolute atomic E-state index is 14.1. The van der Waals surface area contributed by atoms with Gasteiger partial charge in [-0.05, 0) is 146 Å². The first-order valence-corrected chi connectivity index (χ1v) is 39.0. The standard InChI is InChI=1S/C36H51N3O9S.C26H40N2O5.C11H16BNO6S/c1-20-28-16-25(36(28,3)4)17-29(20)37-34(42)32-31(21(2)41)30(19-40)48-39(32)18-22-9-8-10-27(33(22)47-6)23-13-24(35(43)44)15-26(14-23)38(5)11-12-49(7,45)46;1-14-8-7-9-17(24(14)32-6)12-28-23(22(16(3)30)21(13-29)33-28)25(31)27-20-11-18-10-19(15(20)2)26(18,4)5;1-13(3-4-20(2,18)19)10-6-8(11(14)15)5-9(7-10)12(16)17/h8-10,13-15,20-21,25,28-32,40-41H,11-12,16-19H2,1-7H3,(H,37,42)(H,43,44);7-9,15-16,18-23,29-30H,10-13H2,1-6H3,(H,27,31);5-7,16-17H,3-4H2,1-2H3,(H,14,15)/t20-,21-,25+,28-,29-,30-,31?,32-;15-,16-,18+,19-,20-,21-,22?,23-;/m00./s1. The van der Waals surface area contributed by atoms with Gasteiger partial charge < -0.3 is 70.6 Å². The van der Waals surface area contributed by atoms with Crippen molar-refractivity contribution in [3.05, 3.63) is 101 Å². The lowest BCUT2D eigenvalue weighted by Crippen LogP contribution is -2.62. The summed E-state index contributed by atoms with van der Waals surface area (Å²) >= 11 is 0. The van der Waals surface area contributed by atoms with Gasteiger partial charge in [0.05, 0.1) is 75.4 Å². The van der Waals surface area contributed by atoms with Gasteiger partial charge in [0.1, 0.15) is 55.5 Å². The fourth-order valence-corrected chi connectivity index (χ4v) is 17.9. The smallest absolute Gasteiger partial charge is 0.488 e. The monoisotopic (exact) mass is 1460 g/mol. The van der Waals surface area contributed by atoms with Crippen LogP contribution in [0.1, 0.15) is 118 Å². The molecule has 16 atom stereocenters. The minimum Gasteiger partial charge on any atom is -0.496 e. The number of amides is 2. The fourth-order valence-electron chi connectivity index (χ4n) is 16.7. The van der Waals surface area contributed by atoms with E-state index < -0.39 is 87.1 Å². The summed E-state index contributed by atoms with van der Waals surface area (Å²) in [7, 11) is -1.74. The van der Waals surface area contributed by atoms with Crippen LogP contribution in [0, 0.1) is 65.1 Å².